The van der Waals surface area contributed by atoms with Crippen LogP contribution < -0.4 is 0 Å². The summed E-state index contributed by atoms with van der Waals surface area (Å²) in [5.41, 5.74) is 2.96. The molecular weight excluding hydrogens is 322 g/mol. The predicted octanol–water partition coefficient (Wildman–Crippen LogP) is 3.17. The van der Waals surface area contributed by atoms with Gasteiger partial charge in [-0.3, -0.25) is 4.90 Å². The highest BCUT2D eigenvalue weighted by Crippen LogP contribution is 2.27. The predicted molar refractivity (Wildman–Crippen MR) is 92.9 cm³/mol. The Morgan fingerprint density at radius 1 is 1.21 bits per heavy atom. The molecule has 0 amide bonds. The van der Waals surface area contributed by atoms with E-state index in [1.54, 1.807) is 17.4 Å². The lowest BCUT2D eigenvalue weighted by Gasteiger charge is -2.28. The molecule has 3 aromatic rings. The molecule has 0 atom stereocenters. The Bertz CT molecular complexity index is 865. The molecule has 1 aliphatic rings. The Hall–Kier alpha value is -2.44. The average molecular weight is 339 g/mol. The SMILES string of the molecule is Oc1ccc(O)c(CN2CCc3nc(-c4cccs4)ncc3C2)c1. The van der Waals surface area contributed by atoms with E-state index < -0.39 is 0 Å². The van der Waals surface area contributed by atoms with E-state index in [1.165, 1.54) is 12.1 Å². The molecule has 2 N–H and O–H groups in total. The van der Waals surface area contributed by atoms with Crippen LogP contribution in [0.15, 0.2) is 41.9 Å². The fraction of sp³-hybridized carbons (Fsp3) is 0.222. The van der Waals surface area contributed by atoms with Gasteiger partial charge in [0.2, 0.25) is 0 Å². The molecule has 0 aliphatic carbocycles. The van der Waals surface area contributed by atoms with Gasteiger partial charge in [-0.15, -0.1) is 11.3 Å². The second kappa shape index (κ2) is 6.22. The maximum atomic E-state index is 9.94. The number of phenols is 2. The van der Waals surface area contributed by atoms with Gasteiger partial charge in [0.15, 0.2) is 5.82 Å². The molecule has 5 nitrogen and oxygen atoms in total. The van der Waals surface area contributed by atoms with Crippen LogP contribution in [-0.4, -0.2) is 31.6 Å². The van der Waals surface area contributed by atoms with Gasteiger partial charge in [0.05, 0.1) is 10.6 Å². The quantitative estimate of drug-likeness (QED) is 0.717. The lowest BCUT2D eigenvalue weighted by Crippen LogP contribution is -2.31. The maximum absolute atomic E-state index is 9.94. The Balaban J connectivity index is 1.53. The van der Waals surface area contributed by atoms with Gasteiger partial charge in [-0.25, -0.2) is 9.97 Å². The minimum atomic E-state index is 0.170. The number of aromatic hydroxyl groups is 2. The van der Waals surface area contributed by atoms with Crippen LogP contribution in [0.4, 0.5) is 0 Å². The summed E-state index contributed by atoms with van der Waals surface area (Å²) in [6.45, 7) is 2.20. The van der Waals surface area contributed by atoms with E-state index in [1.807, 2.05) is 23.7 Å². The Kier molecular flexibility index (Phi) is 3.92. The second-order valence-corrected chi connectivity index (χ2v) is 6.86. The molecule has 2 aromatic heterocycles. The molecule has 0 radical (unpaired) electrons. The monoisotopic (exact) mass is 339 g/mol. The summed E-state index contributed by atoms with van der Waals surface area (Å²) in [5.74, 6) is 1.18. The summed E-state index contributed by atoms with van der Waals surface area (Å²) in [5, 5.41) is 21.6. The van der Waals surface area contributed by atoms with Gasteiger partial charge in [-0.2, -0.15) is 0 Å². The molecule has 1 aromatic carbocycles. The summed E-state index contributed by atoms with van der Waals surface area (Å²) >= 11 is 1.65. The number of hydrogen-bond acceptors (Lipinski definition) is 6. The number of thiophene rings is 1. The zero-order valence-corrected chi connectivity index (χ0v) is 13.8. The van der Waals surface area contributed by atoms with Crippen molar-refractivity contribution >= 4 is 11.3 Å². The van der Waals surface area contributed by atoms with Gasteiger partial charge in [-0.05, 0) is 29.6 Å². The lowest BCUT2D eigenvalue weighted by molar-refractivity contribution is 0.239. The van der Waals surface area contributed by atoms with E-state index >= 15 is 0 Å². The number of aromatic nitrogens is 2. The van der Waals surface area contributed by atoms with Crippen molar-refractivity contribution in [2.75, 3.05) is 6.54 Å². The minimum Gasteiger partial charge on any atom is -0.508 e. The molecule has 122 valence electrons. The third-order valence-corrected chi connectivity index (χ3v) is 5.08. The van der Waals surface area contributed by atoms with E-state index in [4.69, 9.17) is 4.98 Å². The topological polar surface area (TPSA) is 69.5 Å². The number of fused-ring (bicyclic) bond motifs is 1. The van der Waals surface area contributed by atoms with Crippen LogP contribution in [-0.2, 0) is 19.5 Å². The van der Waals surface area contributed by atoms with E-state index in [0.29, 0.717) is 6.54 Å². The maximum Gasteiger partial charge on any atom is 0.169 e. The number of hydrogen-bond donors (Lipinski definition) is 2. The first-order valence-electron chi connectivity index (χ1n) is 7.81. The molecule has 4 rings (SSSR count). The third kappa shape index (κ3) is 2.98. The van der Waals surface area contributed by atoms with E-state index in [0.717, 1.165) is 47.0 Å². The lowest BCUT2D eigenvalue weighted by atomic mass is 10.1. The van der Waals surface area contributed by atoms with Crippen molar-refractivity contribution in [3.63, 3.8) is 0 Å². The number of benzene rings is 1. The van der Waals surface area contributed by atoms with Gasteiger partial charge in [0.25, 0.3) is 0 Å². The standard InChI is InChI=1S/C18H17N3O2S/c22-14-3-4-16(23)12(8-14)10-21-6-5-15-13(11-21)9-19-18(20-15)17-2-1-7-24-17/h1-4,7-9,22-23H,5-6,10-11H2. The molecule has 0 unspecified atom stereocenters. The van der Waals surface area contributed by atoms with E-state index in [2.05, 4.69) is 9.88 Å². The smallest absolute Gasteiger partial charge is 0.169 e. The molecule has 0 saturated heterocycles. The highest BCUT2D eigenvalue weighted by atomic mass is 32.1. The Labute approximate surface area is 143 Å². The Morgan fingerprint density at radius 2 is 2.12 bits per heavy atom. The van der Waals surface area contributed by atoms with Gasteiger partial charge in [-0.1, -0.05) is 6.07 Å². The van der Waals surface area contributed by atoms with E-state index in [9.17, 15) is 10.2 Å². The molecule has 0 fully saturated rings. The zero-order valence-electron chi connectivity index (χ0n) is 13.0. The summed E-state index contributed by atoms with van der Waals surface area (Å²) in [6.07, 6.45) is 2.77. The second-order valence-electron chi connectivity index (χ2n) is 5.92. The van der Waals surface area contributed by atoms with Gasteiger partial charge < -0.3 is 10.2 Å². The largest absolute Gasteiger partial charge is 0.508 e. The first kappa shape index (κ1) is 15.1. The fourth-order valence-electron chi connectivity index (χ4n) is 2.97. The molecule has 1 aliphatic heterocycles. The van der Waals surface area contributed by atoms with Crippen molar-refractivity contribution in [1.82, 2.24) is 14.9 Å². The van der Waals surface area contributed by atoms with Crippen LogP contribution in [0.3, 0.4) is 0 Å². The van der Waals surface area contributed by atoms with E-state index in [-0.39, 0.29) is 11.5 Å². The van der Waals surface area contributed by atoms with Crippen molar-refractivity contribution in [3.8, 4) is 22.2 Å². The number of rotatable bonds is 3. The van der Waals surface area contributed by atoms with Crippen LogP contribution in [0.2, 0.25) is 0 Å². The van der Waals surface area contributed by atoms with Crippen LogP contribution in [0.5, 0.6) is 11.5 Å². The molecule has 24 heavy (non-hydrogen) atoms. The van der Waals surface area contributed by atoms with Crippen molar-refractivity contribution in [2.24, 2.45) is 0 Å². The summed E-state index contributed by atoms with van der Waals surface area (Å²) in [4.78, 5) is 12.5. The normalized spacial score (nSPS) is 14.5. The third-order valence-electron chi connectivity index (χ3n) is 4.21. The molecular formula is C18H17N3O2S. The van der Waals surface area contributed by atoms with Crippen molar-refractivity contribution < 1.29 is 10.2 Å². The van der Waals surface area contributed by atoms with Crippen molar-refractivity contribution in [1.29, 1.82) is 0 Å². The zero-order chi connectivity index (χ0) is 16.5. The number of phenolic OH excluding ortho intramolecular Hbond substituents is 2. The van der Waals surface area contributed by atoms with Crippen LogP contribution >= 0.6 is 11.3 Å². The molecule has 0 saturated carbocycles. The van der Waals surface area contributed by atoms with Crippen LogP contribution in [0, 0.1) is 0 Å². The van der Waals surface area contributed by atoms with Crippen molar-refractivity contribution in [3.05, 3.63) is 58.7 Å². The highest BCUT2D eigenvalue weighted by Gasteiger charge is 2.20. The molecule has 0 bridgehead atoms. The van der Waals surface area contributed by atoms with Gasteiger partial charge in [0.1, 0.15) is 11.5 Å². The first-order valence-corrected chi connectivity index (χ1v) is 8.69. The van der Waals surface area contributed by atoms with Gasteiger partial charge in [0, 0.05) is 43.4 Å². The molecule has 0 spiro atoms. The summed E-state index contributed by atoms with van der Waals surface area (Å²) in [7, 11) is 0. The number of nitrogens with zero attached hydrogens (tertiary/aromatic N) is 3. The Morgan fingerprint density at radius 3 is 2.96 bits per heavy atom. The van der Waals surface area contributed by atoms with Crippen molar-refractivity contribution in [2.45, 2.75) is 19.5 Å². The fourth-order valence-corrected chi connectivity index (χ4v) is 3.64. The first-order chi connectivity index (χ1) is 11.7. The molecule has 3 heterocycles. The highest BCUT2D eigenvalue weighted by molar-refractivity contribution is 7.13. The average Bonchev–Trinajstić information content (AvgIpc) is 3.12. The van der Waals surface area contributed by atoms with Crippen LogP contribution in [0.25, 0.3) is 10.7 Å². The van der Waals surface area contributed by atoms with Crippen LogP contribution in [0.1, 0.15) is 16.8 Å². The minimum absolute atomic E-state index is 0.170. The van der Waals surface area contributed by atoms with Gasteiger partial charge >= 0.3 is 0 Å². The molecule has 6 heteroatoms. The summed E-state index contributed by atoms with van der Waals surface area (Å²) < 4.78 is 0. The summed E-state index contributed by atoms with van der Waals surface area (Å²) in [6, 6.07) is 8.67.